The Morgan fingerprint density at radius 1 is 1.25 bits per heavy atom. The second-order valence-electron chi connectivity index (χ2n) is 2.76. The SMILES string of the molecule is O=c1c2cc3ccccc3n1[se]2. The monoisotopic (exact) mass is 223 g/mol. The van der Waals surface area contributed by atoms with Crippen LogP contribution in [-0.2, 0) is 0 Å². The number of para-hydroxylation sites is 1. The molecule has 0 atom stereocenters. The number of hydrogen-bond donors (Lipinski definition) is 0. The molecule has 4 rings (SSSR count). The molecule has 0 unspecified atom stereocenters. The second-order valence-corrected chi connectivity index (χ2v) is 4.83. The van der Waals surface area contributed by atoms with Gasteiger partial charge in [-0.3, -0.25) is 0 Å². The van der Waals surface area contributed by atoms with E-state index in [-0.39, 0.29) is 20.3 Å². The van der Waals surface area contributed by atoms with Crippen LogP contribution in [0.4, 0.5) is 0 Å². The van der Waals surface area contributed by atoms with E-state index in [0.717, 1.165) is 9.78 Å². The molecule has 0 spiro atoms. The fourth-order valence-electron chi connectivity index (χ4n) is 1.42. The first kappa shape index (κ1) is 6.46. The maximum atomic E-state index is 11.3. The van der Waals surface area contributed by atoms with Gasteiger partial charge in [0.1, 0.15) is 0 Å². The van der Waals surface area contributed by atoms with Crippen molar-refractivity contribution in [3.8, 4) is 0 Å². The molecule has 2 bridgehead atoms. The van der Waals surface area contributed by atoms with E-state index in [4.69, 9.17) is 0 Å². The summed E-state index contributed by atoms with van der Waals surface area (Å²) >= 11 is 0.269. The molecule has 3 aromatic heterocycles. The normalized spacial score (nSPS) is 11.7. The summed E-state index contributed by atoms with van der Waals surface area (Å²) in [6.45, 7) is 0. The van der Waals surface area contributed by atoms with Gasteiger partial charge in [-0.1, -0.05) is 0 Å². The molecule has 58 valence electrons. The minimum atomic E-state index is 0.203. The van der Waals surface area contributed by atoms with Gasteiger partial charge >= 0.3 is 74.0 Å². The summed E-state index contributed by atoms with van der Waals surface area (Å²) in [5, 5.41) is 1.18. The van der Waals surface area contributed by atoms with Gasteiger partial charge in [-0.15, -0.1) is 0 Å². The van der Waals surface area contributed by atoms with E-state index in [2.05, 4.69) is 0 Å². The molecule has 3 heteroatoms. The fourth-order valence-corrected chi connectivity index (χ4v) is 3.23. The molecule has 0 aliphatic carbocycles. The first-order valence-electron chi connectivity index (χ1n) is 3.69. The third kappa shape index (κ3) is 0.631. The Bertz CT molecular complexity index is 592. The van der Waals surface area contributed by atoms with Crippen LogP contribution in [0, 0.1) is 0 Å². The van der Waals surface area contributed by atoms with E-state index >= 15 is 0 Å². The van der Waals surface area contributed by atoms with Gasteiger partial charge in [0.2, 0.25) is 0 Å². The van der Waals surface area contributed by atoms with Crippen molar-refractivity contribution in [3.63, 3.8) is 0 Å². The Balaban J connectivity index is 2.71. The van der Waals surface area contributed by atoms with Gasteiger partial charge in [-0.2, -0.15) is 0 Å². The third-order valence-electron chi connectivity index (χ3n) is 2.03. The predicted molar refractivity (Wildman–Crippen MR) is 49.3 cm³/mol. The van der Waals surface area contributed by atoms with Gasteiger partial charge in [0.05, 0.1) is 0 Å². The summed E-state index contributed by atoms with van der Waals surface area (Å²) in [6, 6.07) is 10.0. The van der Waals surface area contributed by atoms with E-state index in [9.17, 15) is 4.79 Å². The van der Waals surface area contributed by atoms with Crippen LogP contribution >= 0.6 is 0 Å². The van der Waals surface area contributed by atoms with Gasteiger partial charge in [-0.05, 0) is 0 Å². The molecule has 3 heterocycles. The van der Waals surface area contributed by atoms with Crippen molar-refractivity contribution in [1.82, 2.24) is 3.40 Å². The average molecular weight is 222 g/mol. The van der Waals surface area contributed by atoms with Crippen molar-refractivity contribution < 1.29 is 0 Å². The van der Waals surface area contributed by atoms with Crippen molar-refractivity contribution in [2.75, 3.05) is 0 Å². The number of pyridine rings is 1. The van der Waals surface area contributed by atoms with Crippen LogP contribution in [0.1, 0.15) is 0 Å². The Hall–Kier alpha value is -1.05. The molecule has 2 nitrogen and oxygen atoms in total. The van der Waals surface area contributed by atoms with Crippen molar-refractivity contribution >= 4 is 29.9 Å². The molecule has 0 aliphatic heterocycles. The summed E-state index contributed by atoms with van der Waals surface area (Å²) in [5.74, 6) is 0. The van der Waals surface area contributed by atoms with Gasteiger partial charge in [0.15, 0.2) is 0 Å². The number of aromatic nitrogens is 1. The Labute approximate surface area is 74.4 Å². The van der Waals surface area contributed by atoms with Crippen LogP contribution in [0.15, 0.2) is 35.1 Å². The van der Waals surface area contributed by atoms with Crippen molar-refractivity contribution in [1.29, 1.82) is 0 Å². The molecular weight excluding hydrogens is 217 g/mol. The molecule has 0 N–H and O–H groups in total. The number of rotatable bonds is 0. The van der Waals surface area contributed by atoms with Crippen molar-refractivity contribution in [3.05, 3.63) is 40.7 Å². The first-order valence-corrected chi connectivity index (χ1v) is 5.32. The van der Waals surface area contributed by atoms with Crippen LogP contribution in [0.25, 0.3) is 15.2 Å². The van der Waals surface area contributed by atoms with E-state index in [0.29, 0.717) is 0 Å². The van der Waals surface area contributed by atoms with Crippen LogP contribution in [0.5, 0.6) is 0 Å². The first-order chi connectivity index (χ1) is 5.86. The van der Waals surface area contributed by atoms with E-state index in [1.54, 1.807) is 0 Å². The zero-order valence-corrected chi connectivity index (χ0v) is 7.86. The summed E-state index contributed by atoms with van der Waals surface area (Å²) in [5.41, 5.74) is 1.28. The molecular formula is C9H5NOSe. The van der Waals surface area contributed by atoms with Gasteiger partial charge in [-0.25, -0.2) is 0 Å². The Kier molecular flexibility index (Phi) is 1.08. The zero-order chi connectivity index (χ0) is 8.13. The second kappa shape index (κ2) is 2.00. The average Bonchev–Trinajstić information content (AvgIpc) is 2.16. The fraction of sp³-hybridized carbons (Fsp3) is 0. The van der Waals surface area contributed by atoms with Gasteiger partial charge in [0, 0.05) is 0 Å². The molecule has 0 saturated carbocycles. The van der Waals surface area contributed by atoms with Gasteiger partial charge < -0.3 is 0 Å². The molecule has 0 aliphatic rings. The quantitative estimate of drug-likeness (QED) is 0.519. The van der Waals surface area contributed by atoms with Crippen LogP contribution < -0.4 is 5.56 Å². The number of hydrogen-bond acceptors (Lipinski definition) is 1. The van der Waals surface area contributed by atoms with Crippen LogP contribution in [0.2, 0.25) is 0 Å². The molecule has 0 fully saturated rings. The zero-order valence-electron chi connectivity index (χ0n) is 6.15. The molecule has 12 heavy (non-hydrogen) atoms. The van der Waals surface area contributed by atoms with Gasteiger partial charge in [0.25, 0.3) is 0 Å². The molecule has 0 radical (unpaired) electrons. The van der Waals surface area contributed by atoms with Crippen LogP contribution in [0.3, 0.4) is 0 Å². The minimum absolute atomic E-state index is 0.203. The van der Waals surface area contributed by atoms with E-state index in [1.165, 1.54) is 5.39 Å². The number of benzene rings is 1. The molecule has 1 aromatic carbocycles. The predicted octanol–water partition coefficient (Wildman–Crippen LogP) is 0.947. The van der Waals surface area contributed by atoms with Crippen LogP contribution in [-0.4, -0.2) is 18.1 Å². The van der Waals surface area contributed by atoms with Crippen molar-refractivity contribution in [2.24, 2.45) is 0 Å². The topological polar surface area (TPSA) is 21.5 Å². The summed E-state index contributed by atoms with van der Waals surface area (Å²) in [4.78, 5) is 11.3. The van der Waals surface area contributed by atoms with E-state index < -0.39 is 0 Å². The summed E-state index contributed by atoms with van der Waals surface area (Å²) in [6.07, 6.45) is 0. The Morgan fingerprint density at radius 3 is 2.92 bits per heavy atom. The molecule has 0 amide bonds. The summed E-state index contributed by atoms with van der Waals surface area (Å²) < 4.78 is 2.87. The third-order valence-corrected chi connectivity index (χ3v) is 4.20. The Morgan fingerprint density at radius 2 is 2.08 bits per heavy atom. The molecule has 4 aromatic rings. The van der Waals surface area contributed by atoms with Crippen molar-refractivity contribution in [2.45, 2.75) is 0 Å². The maximum absolute atomic E-state index is 11.3. The standard InChI is InChI=1S/C9H5NOSe/c11-9-8-5-6-3-1-2-4-7(6)10(9)12-8/h1-5H. The number of nitrogens with zero attached hydrogens (tertiary/aromatic N) is 1. The summed E-state index contributed by atoms with van der Waals surface area (Å²) in [7, 11) is 0. The van der Waals surface area contributed by atoms with E-state index in [1.807, 2.05) is 33.7 Å². The molecule has 0 saturated heterocycles.